The third-order valence-corrected chi connectivity index (χ3v) is 3.52. The van der Waals surface area contributed by atoms with Crippen LogP contribution in [0.25, 0.3) is 0 Å². The summed E-state index contributed by atoms with van der Waals surface area (Å²) in [7, 11) is -3.94. The van der Waals surface area contributed by atoms with Crippen molar-refractivity contribution in [2.45, 2.75) is 18.3 Å². The second-order valence-corrected chi connectivity index (χ2v) is 5.35. The highest BCUT2D eigenvalue weighted by atomic mass is 32.2. The van der Waals surface area contributed by atoms with E-state index in [9.17, 15) is 21.6 Å². The standard InChI is InChI=1S/C9H8F3N3O2S/c1-6(4-13)18(16,17)15-7-2-3-8(14-5-7)9(10,11)12/h2-3,5-6,15H,1H3. The van der Waals surface area contributed by atoms with E-state index in [2.05, 4.69) is 4.98 Å². The van der Waals surface area contributed by atoms with Crippen molar-refractivity contribution < 1.29 is 21.6 Å². The molecule has 0 saturated carbocycles. The lowest BCUT2D eigenvalue weighted by molar-refractivity contribution is -0.141. The number of sulfonamides is 1. The van der Waals surface area contributed by atoms with E-state index >= 15 is 0 Å². The van der Waals surface area contributed by atoms with Crippen molar-refractivity contribution in [1.29, 1.82) is 5.26 Å². The van der Waals surface area contributed by atoms with Crippen molar-refractivity contribution in [2.24, 2.45) is 0 Å². The van der Waals surface area contributed by atoms with Gasteiger partial charge in [0.15, 0.2) is 5.25 Å². The van der Waals surface area contributed by atoms with E-state index in [1.807, 2.05) is 4.72 Å². The minimum Gasteiger partial charge on any atom is -0.281 e. The van der Waals surface area contributed by atoms with Crippen LogP contribution in [-0.4, -0.2) is 18.7 Å². The Hall–Kier alpha value is -1.82. The fraction of sp³-hybridized carbons (Fsp3) is 0.333. The highest BCUT2D eigenvalue weighted by Gasteiger charge is 2.32. The minimum absolute atomic E-state index is 0.134. The first-order valence-corrected chi connectivity index (χ1v) is 6.16. The Morgan fingerprint density at radius 3 is 2.44 bits per heavy atom. The summed E-state index contributed by atoms with van der Waals surface area (Å²) >= 11 is 0. The number of hydrogen-bond donors (Lipinski definition) is 1. The second-order valence-electron chi connectivity index (χ2n) is 3.35. The van der Waals surface area contributed by atoms with Crippen molar-refractivity contribution in [3.8, 4) is 6.07 Å². The third kappa shape index (κ3) is 3.33. The van der Waals surface area contributed by atoms with Gasteiger partial charge in [-0.3, -0.25) is 4.72 Å². The molecule has 0 fully saturated rings. The Balaban J connectivity index is 2.93. The number of halogens is 3. The second kappa shape index (κ2) is 4.81. The molecule has 0 radical (unpaired) electrons. The molecule has 0 saturated heterocycles. The molecule has 9 heteroatoms. The van der Waals surface area contributed by atoms with E-state index in [0.717, 1.165) is 19.2 Å². The van der Waals surface area contributed by atoms with E-state index < -0.39 is 27.1 Å². The van der Waals surface area contributed by atoms with Crippen LogP contribution >= 0.6 is 0 Å². The van der Waals surface area contributed by atoms with Crippen LogP contribution < -0.4 is 4.72 Å². The number of aromatic nitrogens is 1. The Labute approximate surface area is 101 Å². The zero-order valence-corrected chi connectivity index (χ0v) is 9.88. The average molecular weight is 279 g/mol. The number of alkyl halides is 3. The number of pyridine rings is 1. The van der Waals surface area contributed by atoms with Gasteiger partial charge >= 0.3 is 6.18 Å². The molecule has 1 aromatic rings. The van der Waals surface area contributed by atoms with Crippen molar-refractivity contribution in [3.05, 3.63) is 24.0 Å². The normalized spacial score (nSPS) is 13.7. The molecule has 1 rings (SSSR count). The van der Waals surface area contributed by atoms with Crippen LogP contribution in [0.2, 0.25) is 0 Å². The quantitative estimate of drug-likeness (QED) is 0.913. The Bertz CT molecular complexity index is 560. The molecule has 0 aliphatic carbocycles. The van der Waals surface area contributed by atoms with E-state index in [4.69, 9.17) is 5.26 Å². The molecular weight excluding hydrogens is 271 g/mol. The predicted molar refractivity (Wildman–Crippen MR) is 56.9 cm³/mol. The molecule has 0 aliphatic rings. The van der Waals surface area contributed by atoms with Crippen molar-refractivity contribution in [1.82, 2.24) is 4.98 Å². The van der Waals surface area contributed by atoms with Crippen molar-refractivity contribution in [2.75, 3.05) is 4.72 Å². The van der Waals surface area contributed by atoms with Gasteiger partial charge in [-0.1, -0.05) is 0 Å². The summed E-state index contributed by atoms with van der Waals surface area (Å²) < 4.78 is 61.4. The summed E-state index contributed by atoms with van der Waals surface area (Å²) in [5.74, 6) is 0. The molecule has 1 aromatic heterocycles. The van der Waals surface area contributed by atoms with Crippen LogP contribution in [0, 0.1) is 11.3 Å². The van der Waals surface area contributed by atoms with Crippen LogP contribution in [0.5, 0.6) is 0 Å². The van der Waals surface area contributed by atoms with Gasteiger partial charge in [0.25, 0.3) is 0 Å². The maximum Gasteiger partial charge on any atom is 0.433 e. The summed E-state index contributed by atoms with van der Waals surface area (Å²) in [4.78, 5) is 3.08. The van der Waals surface area contributed by atoms with Crippen LogP contribution in [0.15, 0.2) is 18.3 Å². The summed E-state index contributed by atoms with van der Waals surface area (Å²) in [6, 6.07) is 3.09. The zero-order valence-electron chi connectivity index (χ0n) is 9.06. The molecule has 0 amide bonds. The van der Waals surface area contributed by atoms with E-state index in [0.29, 0.717) is 6.07 Å². The summed E-state index contributed by atoms with van der Waals surface area (Å²) in [5.41, 5.74) is -1.26. The molecular formula is C9H8F3N3O2S. The van der Waals surface area contributed by atoms with Crippen molar-refractivity contribution >= 4 is 15.7 Å². The molecule has 1 N–H and O–H groups in total. The van der Waals surface area contributed by atoms with Gasteiger partial charge in [-0.05, 0) is 19.1 Å². The molecule has 98 valence electrons. The fourth-order valence-corrected chi connectivity index (χ4v) is 1.71. The largest absolute Gasteiger partial charge is 0.433 e. The van der Waals surface area contributed by atoms with Crippen LogP contribution in [0.1, 0.15) is 12.6 Å². The molecule has 0 spiro atoms. The average Bonchev–Trinajstić information content (AvgIpc) is 2.26. The molecule has 1 atom stereocenters. The summed E-state index contributed by atoms with van der Waals surface area (Å²) in [6.07, 6.45) is -3.85. The first-order chi connectivity index (χ1) is 8.16. The van der Waals surface area contributed by atoms with Gasteiger partial charge < -0.3 is 0 Å². The summed E-state index contributed by atoms with van der Waals surface area (Å²) in [6.45, 7) is 1.15. The number of hydrogen-bond acceptors (Lipinski definition) is 4. The first kappa shape index (κ1) is 14.2. The maximum atomic E-state index is 12.2. The molecule has 0 aromatic carbocycles. The third-order valence-electron chi connectivity index (χ3n) is 1.96. The lowest BCUT2D eigenvalue weighted by atomic mass is 10.3. The van der Waals surface area contributed by atoms with Gasteiger partial charge in [-0.15, -0.1) is 0 Å². The van der Waals surface area contributed by atoms with Gasteiger partial charge in [0, 0.05) is 0 Å². The molecule has 18 heavy (non-hydrogen) atoms. The molecule has 5 nitrogen and oxygen atoms in total. The van der Waals surface area contributed by atoms with Crippen LogP contribution in [0.4, 0.5) is 18.9 Å². The fourth-order valence-electron chi connectivity index (χ4n) is 0.944. The highest BCUT2D eigenvalue weighted by Crippen LogP contribution is 2.27. The van der Waals surface area contributed by atoms with Gasteiger partial charge in [0.1, 0.15) is 5.69 Å². The number of nitrogens with one attached hydrogen (secondary N) is 1. The van der Waals surface area contributed by atoms with E-state index in [1.54, 1.807) is 0 Å². The number of nitrogens with zero attached hydrogens (tertiary/aromatic N) is 2. The van der Waals surface area contributed by atoms with Gasteiger partial charge in [0.05, 0.1) is 18.0 Å². The molecule has 0 aliphatic heterocycles. The SMILES string of the molecule is CC(C#N)S(=O)(=O)Nc1ccc(C(F)(F)F)nc1. The lowest BCUT2D eigenvalue weighted by Gasteiger charge is -2.10. The smallest absolute Gasteiger partial charge is 0.281 e. The Morgan fingerprint density at radius 2 is 2.06 bits per heavy atom. The maximum absolute atomic E-state index is 12.2. The topological polar surface area (TPSA) is 82.8 Å². The van der Waals surface area contributed by atoms with E-state index in [-0.39, 0.29) is 5.69 Å². The highest BCUT2D eigenvalue weighted by molar-refractivity contribution is 7.93. The number of nitriles is 1. The summed E-state index contributed by atoms with van der Waals surface area (Å²) in [5, 5.41) is 7.15. The lowest BCUT2D eigenvalue weighted by Crippen LogP contribution is -2.24. The number of anilines is 1. The Morgan fingerprint density at radius 1 is 1.44 bits per heavy atom. The minimum atomic E-state index is -4.59. The monoisotopic (exact) mass is 279 g/mol. The molecule has 1 heterocycles. The van der Waals surface area contributed by atoms with Gasteiger partial charge in [0.2, 0.25) is 10.0 Å². The zero-order chi connectivity index (χ0) is 14.0. The first-order valence-electron chi connectivity index (χ1n) is 4.61. The van der Waals surface area contributed by atoms with Gasteiger partial charge in [-0.25, -0.2) is 13.4 Å². The van der Waals surface area contributed by atoms with Crippen molar-refractivity contribution in [3.63, 3.8) is 0 Å². The van der Waals surface area contributed by atoms with E-state index in [1.165, 1.54) is 6.07 Å². The van der Waals surface area contributed by atoms with Crippen LogP contribution in [0.3, 0.4) is 0 Å². The van der Waals surface area contributed by atoms with Crippen LogP contribution in [-0.2, 0) is 16.2 Å². The predicted octanol–water partition coefficient (Wildman–Crippen LogP) is 1.75. The molecule has 1 unspecified atom stereocenters. The van der Waals surface area contributed by atoms with Gasteiger partial charge in [-0.2, -0.15) is 18.4 Å². The molecule has 0 bridgehead atoms. The Kier molecular flexibility index (Phi) is 3.81. The number of rotatable bonds is 3.